The van der Waals surface area contributed by atoms with Crippen molar-refractivity contribution < 1.29 is 18.7 Å². The van der Waals surface area contributed by atoms with Gasteiger partial charge < -0.3 is 18.8 Å². The average Bonchev–Trinajstić information content (AvgIpc) is 3.05. The molecule has 5 nitrogen and oxygen atoms in total. The highest BCUT2D eigenvalue weighted by molar-refractivity contribution is 9.10. The van der Waals surface area contributed by atoms with E-state index in [0.717, 1.165) is 39.1 Å². The van der Waals surface area contributed by atoms with E-state index in [2.05, 4.69) is 15.9 Å². The quantitative estimate of drug-likeness (QED) is 0.834. The molecule has 2 aliphatic rings. The molecule has 1 spiro atoms. The molecule has 0 saturated carbocycles. The molecule has 3 heterocycles. The molecule has 0 radical (unpaired) electrons. The van der Waals surface area contributed by atoms with Crippen LogP contribution in [0.1, 0.15) is 23.4 Å². The fraction of sp³-hybridized carbons (Fsp3) is 0.667. The van der Waals surface area contributed by atoms with Gasteiger partial charge in [0.1, 0.15) is 0 Å². The normalized spacial score (nSPS) is 24.7. The van der Waals surface area contributed by atoms with Crippen LogP contribution >= 0.6 is 15.9 Å². The highest BCUT2D eigenvalue weighted by atomic mass is 79.9. The molecule has 1 unspecified atom stereocenters. The minimum absolute atomic E-state index is 0.0369. The lowest BCUT2D eigenvalue weighted by Crippen LogP contribution is -2.39. The molecule has 1 aromatic heterocycles. The lowest BCUT2D eigenvalue weighted by molar-refractivity contribution is -0.0169. The largest absolute Gasteiger partial charge is 0.444 e. The maximum Gasteiger partial charge on any atom is 0.289 e. The third-order valence-electron chi connectivity index (χ3n) is 4.74. The van der Waals surface area contributed by atoms with Crippen molar-refractivity contribution >= 4 is 21.8 Å². The lowest BCUT2D eigenvalue weighted by Gasteiger charge is -2.37. The average molecular weight is 358 g/mol. The summed E-state index contributed by atoms with van der Waals surface area (Å²) >= 11 is 3.24. The summed E-state index contributed by atoms with van der Waals surface area (Å²) in [7, 11) is 1.72. The van der Waals surface area contributed by atoms with E-state index in [9.17, 15) is 4.79 Å². The summed E-state index contributed by atoms with van der Waals surface area (Å²) in [6.07, 6.45) is 1.99. The fourth-order valence-electron chi connectivity index (χ4n) is 3.55. The highest BCUT2D eigenvalue weighted by Gasteiger charge is 2.48. The van der Waals surface area contributed by atoms with E-state index in [1.165, 1.54) is 0 Å². The summed E-state index contributed by atoms with van der Waals surface area (Å²) in [4.78, 5) is 14.5. The van der Waals surface area contributed by atoms with Crippen LogP contribution in [0.4, 0.5) is 0 Å². The van der Waals surface area contributed by atoms with Gasteiger partial charge in [0.25, 0.3) is 5.91 Å². The van der Waals surface area contributed by atoms with Crippen LogP contribution < -0.4 is 0 Å². The smallest absolute Gasteiger partial charge is 0.289 e. The van der Waals surface area contributed by atoms with Crippen LogP contribution in [0.25, 0.3) is 0 Å². The van der Waals surface area contributed by atoms with Crippen LogP contribution in [0, 0.1) is 11.3 Å². The molecule has 2 aliphatic heterocycles. The van der Waals surface area contributed by atoms with Crippen molar-refractivity contribution in [1.82, 2.24) is 4.90 Å². The first-order valence-corrected chi connectivity index (χ1v) is 8.05. The maximum absolute atomic E-state index is 12.6. The van der Waals surface area contributed by atoms with Crippen molar-refractivity contribution in [3.8, 4) is 0 Å². The summed E-state index contributed by atoms with van der Waals surface area (Å²) in [6.45, 7) is 3.72. The van der Waals surface area contributed by atoms with E-state index in [-0.39, 0.29) is 11.3 Å². The Labute approximate surface area is 132 Å². The first kappa shape index (κ1) is 15.1. The molecule has 2 saturated heterocycles. The molecule has 1 amide bonds. The van der Waals surface area contributed by atoms with Crippen molar-refractivity contribution in [2.24, 2.45) is 11.3 Å². The Bertz CT molecular complexity index is 510. The van der Waals surface area contributed by atoms with E-state index < -0.39 is 0 Å². The van der Waals surface area contributed by atoms with Gasteiger partial charge in [0.15, 0.2) is 10.4 Å². The number of carbonyl (C=O) groups excluding carboxylic acids is 1. The number of likely N-dealkylation sites (tertiary alicyclic amines) is 1. The minimum atomic E-state index is -0.0369. The second-order valence-corrected chi connectivity index (χ2v) is 6.70. The Kier molecular flexibility index (Phi) is 4.38. The van der Waals surface area contributed by atoms with Crippen molar-refractivity contribution in [2.75, 3.05) is 40.0 Å². The Balaban J connectivity index is 1.77. The number of rotatable bonds is 3. The maximum atomic E-state index is 12.6. The molecular formula is C15H20BrNO4. The molecular weight excluding hydrogens is 338 g/mol. The van der Waals surface area contributed by atoms with Crippen molar-refractivity contribution in [1.29, 1.82) is 0 Å². The topological polar surface area (TPSA) is 51.9 Å². The Morgan fingerprint density at radius 3 is 2.86 bits per heavy atom. The third kappa shape index (κ3) is 2.89. The van der Waals surface area contributed by atoms with E-state index in [4.69, 9.17) is 13.9 Å². The van der Waals surface area contributed by atoms with Gasteiger partial charge in [-0.1, -0.05) is 0 Å². The molecule has 0 N–H and O–H groups in total. The zero-order chi connectivity index (χ0) is 14.9. The first-order chi connectivity index (χ1) is 10.1. The van der Waals surface area contributed by atoms with Crippen molar-refractivity contribution in [3.05, 3.63) is 22.6 Å². The van der Waals surface area contributed by atoms with Gasteiger partial charge in [0.05, 0.1) is 6.61 Å². The monoisotopic (exact) mass is 357 g/mol. The zero-order valence-electron chi connectivity index (χ0n) is 12.1. The molecule has 0 aromatic carbocycles. The number of furan rings is 1. The summed E-state index contributed by atoms with van der Waals surface area (Å²) in [6, 6.07) is 3.47. The first-order valence-electron chi connectivity index (χ1n) is 7.26. The number of methoxy groups -OCH3 is 1. The fourth-order valence-corrected chi connectivity index (χ4v) is 3.85. The standard InChI is InChI=1S/C15H20BrNO4/c1-19-9-11-8-17(10-15(11)4-6-20-7-5-15)14(18)12-2-3-13(16)21-12/h2-3,11H,4-10H2,1H3. The van der Waals surface area contributed by atoms with Gasteiger partial charge in [-0.05, 0) is 46.3 Å². The Hall–Kier alpha value is -0.850. The summed E-state index contributed by atoms with van der Waals surface area (Å²) in [5.74, 6) is 0.723. The van der Waals surface area contributed by atoms with Gasteiger partial charge in [-0.25, -0.2) is 0 Å². The highest BCUT2D eigenvalue weighted by Crippen LogP contribution is 2.44. The number of hydrogen-bond acceptors (Lipinski definition) is 4. The molecule has 1 aromatic rings. The second-order valence-electron chi connectivity index (χ2n) is 5.92. The van der Waals surface area contributed by atoms with Gasteiger partial charge >= 0.3 is 0 Å². The van der Waals surface area contributed by atoms with Crippen LogP contribution in [0.2, 0.25) is 0 Å². The molecule has 6 heteroatoms. The van der Waals surface area contributed by atoms with Gasteiger partial charge in [-0.2, -0.15) is 0 Å². The van der Waals surface area contributed by atoms with Gasteiger partial charge in [-0.3, -0.25) is 4.79 Å². The number of ether oxygens (including phenoxy) is 2. The summed E-state index contributed by atoms with van der Waals surface area (Å²) in [5.41, 5.74) is 0.133. The molecule has 2 fully saturated rings. The molecule has 21 heavy (non-hydrogen) atoms. The van der Waals surface area contributed by atoms with Crippen molar-refractivity contribution in [3.63, 3.8) is 0 Å². The third-order valence-corrected chi connectivity index (χ3v) is 5.17. The molecule has 116 valence electrons. The van der Waals surface area contributed by atoms with Crippen LogP contribution in [0.15, 0.2) is 21.2 Å². The Morgan fingerprint density at radius 1 is 1.48 bits per heavy atom. The van der Waals surface area contributed by atoms with Gasteiger partial charge in [-0.15, -0.1) is 0 Å². The Morgan fingerprint density at radius 2 is 2.24 bits per heavy atom. The van der Waals surface area contributed by atoms with Gasteiger partial charge in [0.2, 0.25) is 0 Å². The van der Waals surface area contributed by atoms with Crippen LogP contribution in [-0.2, 0) is 9.47 Å². The van der Waals surface area contributed by atoms with E-state index in [1.54, 1.807) is 19.2 Å². The van der Waals surface area contributed by atoms with Crippen LogP contribution in [0.5, 0.6) is 0 Å². The predicted molar refractivity (Wildman–Crippen MR) is 80.2 cm³/mol. The number of nitrogens with zero attached hydrogens (tertiary/aromatic N) is 1. The molecule has 0 aliphatic carbocycles. The number of amides is 1. The number of hydrogen-bond donors (Lipinski definition) is 0. The summed E-state index contributed by atoms with van der Waals surface area (Å²) in [5, 5.41) is 0. The van der Waals surface area contributed by atoms with Crippen molar-refractivity contribution in [2.45, 2.75) is 12.8 Å². The molecule has 0 bridgehead atoms. The van der Waals surface area contributed by atoms with E-state index in [0.29, 0.717) is 23.0 Å². The predicted octanol–water partition coefficient (Wildman–Crippen LogP) is 2.56. The molecule has 1 atom stereocenters. The molecule has 3 rings (SSSR count). The van der Waals surface area contributed by atoms with Crippen LogP contribution in [0.3, 0.4) is 0 Å². The van der Waals surface area contributed by atoms with Crippen LogP contribution in [-0.4, -0.2) is 50.8 Å². The SMILES string of the molecule is COCC1CN(C(=O)c2ccc(Br)o2)CC12CCOCC2. The lowest BCUT2D eigenvalue weighted by atomic mass is 9.72. The zero-order valence-corrected chi connectivity index (χ0v) is 13.7. The number of carbonyl (C=O) groups is 1. The second kappa shape index (κ2) is 6.10. The number of halogens is 1. The minimum Gasteiger partial charge on any atom is -0.444 e. The van der Waals surface area contributed by atoms with E-state index >= 15 is 0 Å². The van der Waals surface area contributed by atoms with Gasteiger partial charge in [0, 0.05) is 39.3 Å². The summed E-state index contributed by atoms with van der Waals surface area (Å²) < 4.78 is 16.9. The van der Waals surface area contributed by atoms with E-state index in [1.807, 2.05) is 4.90 Å².